The van der Waals surface area contributed by atoms with Gasteiger partial charge < -0.3 is 14.0 Å². The summed E-state index contributed by atoms with van der Waals surface area (Å²) in [5.41, 5.74) is 0.474. The summed E-state index contributed by atoms with van der Waals surface area (Å²) in [6, 6.07) is 0.465. The van der Waals surface area contributed by atoms with Gasteiger partial charge in [-0.15, -0.1) is 0 Å². The number of ketones is 1. The molecule has 1 atom stereocenters. The maximum atomic E-state index is 11.2. The standard InChI is InChI=1S/C9H18O4Si/c1-8(2)9(11)7-13-14(4,12-3)6-5-10/h10H,1,5-7H2,2-4H3. The molecule has 0 radical (unpaired) electrons. The minimum absolute atomic E-state index is 0.00804. The Labute approximate surface area is 85.8 Å². The van der Waals surface area contributed by atoms with Crippen LogP contribution in [0.25, 0.3) is 0 Å². The van der Waals surface area contributed by atoms with Crippen molar-refractivity contribution >= 4 is 14.3 Å². The highest BCUT2D eigenvalue weighted by atomic mass is 28.4. The van der Waals surface area contributed by atoms with E-state index in [2.05, 4.69) is 6.58 Å². The van der Waals surface area contributed by atoms with Crippen molar-refractivity contribution in [3.63, 3.8) is 0 Å². The van der Waals surface area contributed by atoms with Gasteiger partial charge in [-0.05, 0) is 19.0 Å². The fourth-order valence-electron chi connectivity index (χ4n) is 0.778. The number of carbonyl (C=O) groups is 1. The van der Waals surface area contributed by atoms with E-state index in [4.69, 9.17) is 14.0 Å². The molecule has 14 heavy (non-hydrogen) atoms. The molecule has 0 bridgehead atoms. The van der Waals surface area contributed by atoms with Crippen molar-refractivity contribution in [2.75, 3.05) is 20.3 Å². The van der Waals surface area contributed by atoms with Crippen LogP contribution in [0.2, 0.25) is 12.6 Å². The molecule has 1 unspecified atom stereocenters. The van der Waals surface area contributed by atoms with Crippen LogP contribution in [0.5, 0.6) is 0 Å². The lowest BCUT2D eigenvalue weighted by atomic mass is 10.2. The van der Waals surface area contributed by atoms with E-state index in [-0.39, 0.29) is 19.0 Å². The Hall–Kier alpha value is -0.493. The molecule has 82 valence electrons. The third-order valence-electron chi connectivity index (χ3n) is 1.98. The van der Waals surface area contributed by atoms with Crippen LogP contribution in [0, 0.1) is 0 Å². The normalized spacial score (nSPS) is 14.9. The van der Waals surface area contributed by atoms with Crippen molar-refractivity contribution in [2.24, 2.45) is 0 Å². The van der Waals surface area contributed by atoms with Gasteiger partial charge in [-0.1, -0.05) is 6.58 Å². The number of aliphatic hydroxyl groups is 1. The molecule has 0 spiro atoms. The zero-order chi connectivity index (χ0) is 11.2. The number of rotatable bonds is 7. The van der Waals surface area contributed by atoms with Gasteiger partial charge in [0.2, 0.25) is 0 Å². The summed E-state index contributed by atoms with van der Waals surface area (Å²) in [5, 5.41) is 8.78. The fraction of sp³-hybridized carbons (Fsp3) is 0.667. The van der Waals surface area contributed by atoms with Gasteiger partial charge in [-0.3, -0.25) is 4.79 Å². The lowest BCUT2D eigenvalue weighted by Gasteiger charge is -2.23. The SMILES string of the molecule is C=C(C)C(=O)CO[Si](C)(CCO)OC. The smallest absolute Gasteiger partial charge is 0.337 e. The quantitative estimate of drug-likeness (QED) is 0.508. The van der Waals surface area contributed by atoms with Gasteiger partial charge in [-0.2, -0.15) is 0 Å². The van der Waals surface area contributed by atoms with E-state index in [1.807, 2.05) is 6.55 Å². The molecule has 0 fully saturated rings. The highest BCUT2D eigenvalue weighted by molar-refractivity contribution is 6.66. The molecule has 0 saturated carbocycles. The Morgan fingerprint density at radius 2 is 2.14 bits per heavy atom. The Balaban J connectivity index is 4.07. The number of Topliss-reactive ketones (excluding diaryl/α,β-unsaturated/α-hetero) is 1. The molecule has 0 aromatic rings. The summed E-state index contributed by atoms with van der Waals surface area (Å²) in [4.78, 5) is 11.2. The van der Waals surface area contributed by atoms with Gasteiger partial charge >= 0.3 is 8.56 Å². The number of aliphatic hydroxyl groups excluding tert-OH is 1. The second-order valence-corrected chi connectivity index (χ2v) is 6.77. The van der Waals surface area contributed by atoms with Crippen molar-refractivity contribution < 1.29 is 18.8 Å². The molecule has 0 rings (SSSR count). The zero-order valence-electron chi connectivity index (χ0n) is 9.00. The topological polar surface area (TPSA) is 55.8 Å². The van der Waals surface area contributed by atoms with Crippen molar-refractivity contribution in [3.8, 4) is 0 Å². The molecule has 5 heteroatoms. The van der Waals surface area contributed by atoms with Gasteiger partial charge in [-0.25, -0.2) is 0 Å². The van der Waals surface area contributed by atoms with Crippen LogP contribution < -0.4 is 0 Å². The molecule has 0 aliphatic rings. The van der Waals surface area contributed by atoms with Crippen LogP contribution >= 0.6 is 0 Å². The largest absolute Gasteiger partial charge is 0.398 e. The summed E-state index contributed by atoms with van der Waals surface area (Å²) in [6.45, 7) is 6.98. The molecule has 0 amide bonds. The van der Waals surface area contributed by atoms with Crippen LogP contribution in [-0.2, 0) is 13.6 Å². The van der Waals surface area contributed by atoms with Crippen LogP contribution in [0.15, 0.2) is 12.2 Å². The Kier molecular flexibility index (Phi) is 5.86. The van der Waals surface area contributed by atoms with Crippen LogP contribution in [0.4, 0.5) is 0 Å². The molecule has 4 nitrogen and oxygen atoms in total. The first kappa shape index (κ1) is 13.5. The minimum atomic E-state index is -2.34. The third-order valence-corrected chi connectivity index (χ3v) is 4.73. The minimum Gasteiger partial charge on any atom is -0.398 e. The molecular formula is C9H18O4Si. The van der Waals surface area contributed by atoms with Gasteiger partial charge in [0.05, 0.1) is 6.61 Å². The summed E-state index contributed by atoms with van der Waals surface area (Å²) in [6.07, 6.45) is 0. The first-order chi connectivity index (χ1) is 6.45. The van der Waals surface area contributed by atoms with Crippen molar-refractivity contribution in [1.29, 1.82) is 0 Å². The molecule has 0 heterocycles. The van der Waals surface area contributed by atoms with E-state index >= 15 is 0 Å². The van der Waals surface area contributed by atoms with Crippen LogP contribution in [0.3, 0.4) is 0 Å². The third kappa shape index (κ3) is 4.66. The van der Waals surface area contributed by atoms with E-state index < -0.39 is 8.56 Å². The van der Waals surface area contributed by atoms with Gasteiger partial charge in [0.25, 0.3) is 0 Å². The van der Waals surface area contributed by atoms with E-state index in [1.54, 1.807) is 6.92 Å². The Morgan fingerprint density at radius 3 is 2.50 bits per heavy atom. The van der Waals surface area contributed by atoms with E-state index in [0.29, 0.717) is 11.6 Å². The monoisotopic (exact) mass is 218 g/mol. The number of hydrogen-bond acceptors (Lipinski definition) is 4. The average molecular weight is 218 g/mol. The molecule has 1 N–H and O–H groups in total. The lowest BCUT2D eigenvalue weighted by Crippen LogP contribution is -2.40. The first-order valence-corrected chi connectivity index (χ1v) is 6.96. The second-order valence-electron chi connectivity index (χ2n) is 3.30. The van der Waals surface area contributed by atoms with Crippen molar-refractivity contribution in [2.45, 2.75) is 19.5 Å². The predicted octanol–water partition coefficient (Wildman–Crippen LogP) is 0.859. The van der Waals surface area contributed by atoms with E-state index in [9.17, 15) is 4.79 Å². The summed E-state index contributed by atoms with van der Waals surface area (Å²) in [7, 11) is -0.809. The predicted molar refractivity (Wildman–Crippen MR) is 56.3 cm³/mol. The molecule has 0 aromatic heterocycles. The maximum absolute atomic E-state index is 11.2. The maximum Gasteiger partial charge on any atom is 0.337 e. The van der Waals surface area contributed by atoms with Crippen molar-refractivity contribution in [3.05, 3.63) is 12.2 Å². The summed E-state index contributed by atoms with van der Waals surface area (Å²) in [5.74, 6) is -0.126. The lowest BCUT2D eigenvalue weighted by molar-refractivity contribution is -0.118. The molecule has 0 saturated heterocycles. The second kappa shape index (κ2) is 6.08. The average Bonchev–Trinajstić information content (AvgIpc) is 2.14. The Bertz CT molecular complexity index is 217. The van der Waals surface area contributed by atoms with Crippen molar-refractivity contribution in [1.82, 2.24) is 0 Å². The zero-order valence-corrected chi connectivity index (χ0v) is 10.0. The number of carbonyl (C=O) groups excluding carboxylic acids is 1. The van der Waals surface area contributed by atoms with Crippen LogP contribution in [0.1, 0.15) is 6.92 Å². The van der Waals surface area contributed by atoms with Gasteiger partial charge in [0, 0.05) is 19.8 Å². The van der Waals surface area contributed by atoms with E-state index in [1.165, 1.54) is 7.11 Å². The summed E-state index contributed by atoms with van der Waals surface area (Å²) >= 11 is 0. The molecule has 0 aliphatic carbocycles. The fourth-order valence-corrected chi connectivity index (χ4v) is 2.09. The molecule has 0 aliphatic heterocycles. The molecular weight excluding hydrogens is 200 g/mol. The summed E-state index contributed by atoms with van der Waals surface area (Å²) < 4.78 is 10.6. The highest BCUT2D eigenvalue weighted by Gasteiger charge is 2.30. The van der Waals surface area contributed by atoms with E-state index in [0.717, 1.165) is 0 Å². The van der Waals surface area contributed by atoms with Gasteiger partial charge in [0.1, 0.15) is 0 Å². The first-order valence-electron chi connectivity index (χ1n) is 4.44. The molecule has 0 aromatic carbocycles. The number of hydrogen-bond donors (Lipinski definition) is 1. The Morgan fingerprint density at radius 1 is 1.57 bits per heavy atom. The van der Waals surface area contributed by atoms with Gasteiger partial charge in [0.15, 0.2) is 5.78 Å². The highest BCUT2D eigenvalue weighted by Crippen LogP contribution is 2.11. The van der Waals surface area contributed by atoms with Crippen LogP contribution in [-0.4, -0.2) is 39.8 Å².